The molecule has 0 aliphatic rings. The molecule has 0 atom stereocenters. The Hall–Kier alpha value is -4.07. The van der Waals surface area contributed by atoms with Gasteiger partial charge < -0.3 is 10.1 Å². The van der Waals surface area contributed by atoms with Crippen LogP contribution in [0.25, 0.3) is 22.3 Å². The van der Waals surface area contributed by atoms with Gasteiger partial charge in [0.2, 0.25) is 11.8 Å². The van der Waals surface area contributed by atoms with E-state index in [0.717, 1.165) is 28.0 Å². The van der Waals surface area contributed by atoms with Crippen molar-refractivity contribution in [1.82, 2.24) is 19.5 Å². The van der Waals surface area contributed by atoms with Crippen LogP contribution in [-0.2, 0) is 24.4 Å². The van der Waals surface area contributed by atoms with Crippen molar-refractivity contribution in [3.8, 4) is 17.1 Å². The van der Waals surface area contributed by atoms with Gasteiger partial charge in [0.25, 0.3) is 5.56 Å². The minimum absolute atomic E-state index is 0.0294. The molecule has 1 amide bonds. The van der Waals surface area contributed by atoms with Crippen molar-refractivity contribution in [2.75, 3.05) is 12.4 Å². The van der Waals surface area contributed by atoms with E-state index in [-0.39, 0.29) is 45.3 Å². The highest BCUT2D eigenvalue weighted by atomic mass is 32.1. The average molecular weight is 509 g/mol. The van der Waals surface area contributed by atoms with Crippen LogP contribution in [-0.4, -0.2) is 32.5 Å². The number of aromatic amines is 1. The molecule has 0 spiro atoms. The molecule has 0 saturated heterocycles. The molecule has 0 saturated carbocycles. The van der Waals surface area contributed by atoms with Crippen molar-refractivity contribution in [2.45, 2.75) is 12.6 Å². The monoisotopic (exact) mass is 509 g/mol. The van der Waals surface area contributed by atoms with Gasteiger partial charge in [0.05, 0.1) is 30.2 Å². The molecule has 2 N–H and O–H groups in total. The second-order valence-electron chi connectivity index (χ2n) is 7.30. The number of carbonyl (C=O) groups is 1. The third-order valence-electron chi connectivity index (χ3n) is 5.01. The van der Waals surface area contributed by atoms with Gasteiger partial charge in [0.15, 0.2) is 10.8 Å². The first-order chi connectivity index (χ1) is 16.5. The van der Waals surface area contributed by atoms with Crippen LogP contribution in [0.5, 0.6) is 5.88 Å². The Bertz CT molecular complexity index is 1570. The van der Waals surface area contributed by atoms with Gasteiger partial charge >= 0.3 is 11.9 Å². The van der Waals surface area contributed by atoms with Gasteiger partial charge in [-0.15, -0.1) is 11.3 Å². The highest BCUT2D eigenvalue weighted by Gasteiger charge is 2.34. The Balaban J connectivity index is 1.59. The quantitative estimate of drug-likeness (QED) is 0.399. The fourth-order valence-electron chi connectivity index (χ4n) is 3.34. The van der Waals surface area contributed by atoms with E-state index in [0.29, 0.717) is 6.07 Å². The highest BCUT2D eigenvalue weighted by molar-refractivity contribution is 7.14. The number of anilines is 1. The second-order valence-corrected chi connectivity index (χ2v) is 8.15. The molecule has 182 valence electrons. The number of aryl methyl sites for hydroxylation is 1. The standard InChI is InChI=1S/C21H15F4N5O4S/c1-30-17-16(18(32)29-20(30)33)10(7-15(28-17)34-2)6-14(31)27-19-26-13(8-35-19)9-3-4-11(12(22)5-9)21(23,24)25/h3-5,7-8H,6H2,1-2H3,(H,26,27,31)(H,29,32,33). The lowest BCUT2D eigenvalue weighted by atomic mass is 10.1. The zero-order valence-corrected chi connectivity index (χ0v) is 18.8. The van der Waals surface area contributed by atoms with Crippen molar-refractivity contribution in [3.05, 3.63) is 67.4 Å². The van der Waals surface area contributed by atoms with Crippen LogP contribution >= 0.6 is 11.3 Å². The maximum absolute atomic E-state index is 13.9. The molecular weight excluding hydrogens is 494 g/mol. The first-order valence-electron chi connectivity index (χ1n) is 9.77. The minimum Gasteiger partial charge on any atom is -0.481 e. The van der Waals surface area contributed by atoms with Crippen molar-refractivity contribution in [3.63, 3.8) is 0 Å². The summed E-state index contributed by atoms with van der Waals surface area (Å²) in [6, 6.07) is 3.81. The van der Waals surface area contributed by atoms with Crippen LogP contribution < -0.4 is 21.3 Å². The zero-order chi connectivity index (χ0) is 25.5. The number of nitrogens with zero attached hydrogens (tertiary/aromatic N) is 3. The number of rotatable bonds is 5. The molecule has 4 aromatic rings. The number of benzene rings is 1. The number of halogens is 4. The topological polar surface area (TPSA) is 119 Å². The number of fused-ring (bicyclic) bond motifs is 1. The van der Waals surface area contributed by atoms with Crippen molar-refractivity contribution in [1.29, 1.82) is 0 Å². The van der Waals surface area contributed by atoms with E-state index < -0.39 is 34.7 Å². The summed E-state index contributed by atoms with van der Waals surface area (Å²) in [5.41, 5.74) is -2.26. The first-order valence-corrected chi connectivity index (χ1v) is 10.7. The summed E-state index contributed by atoms with van der Waals surface area (Å²) < 4.78 is 58.4. The van der Waals surface area contributed by atoms with E-state index in [9.17, 15) is 31.9 Å². The van der Waals surface area contributed by atoms with Crippen LogP contribution in [0.2, 0.25) is 0 Å². The predicted molar refractivity (Wildman–Crippen MR) is 119 cm³/mol. The summed E-state index contributed by atoms with van der Waals surface area (Å²) in [7, 11) is 2.74. The van der Waals surface area contributed by atoms with Crippen LogP contribution in [0.15, 0.2) is 39.2 Å². The summed E-state index contributed by atoms with van der Waals surface area (Å²) in [6.07, 6.45) is -5.13. The number of pyridine rings is 1. The molecule has 0 aliphatic carbocycles. The Labute approximate surface area is 197 Å². The highest BCUT2D eigenvalue weighted by Crippen LogP contribution is 2.34. The number of methoxy groups -OCH3 is 1. The number of hydrogen-bond donors (Lipinski definition) is 2. The predicted octanol–water partition coefficient (Wildman–Crippen LogP) is 3.09. The van der Waals surface area contributed by atoms with Gasteiger partial charge in [-0.2, -0.15) is 18.2 Å². The largest absolute Gasteiger partial charge is 0.481 e. The number of alkyl halides is 3. The first kappa shape index (κ1) is 24.1. The number of hydrogen-bond acceptors (Lipinski definition) is 7. The van der Waals surface area contributed by atoms with Gasteiger partial charge in [-0.1, -0.05) is 6.07 Å². The molecule has 0 bridgehead atoms. The SMILES string of the molecule is COc1cc(CC(=O)Nc2nc(-c3ccc(C(F)(F)F)c(F)c3)cs2)c2c(=O)[nH]c(=O)n(C)c2n1. The molecule has 4 rings (SSSR count). The lowest BCUT2D eigenvalue weighted by Gasteiger charge is -2.10. The summed E-state index contributed by atoms with van der Waals surface area (Å²) in [5.74, 6) is -1.93. The van der Waals surface area contributed by atoms with E-state index in [1.54, 1.807) is 0 Å². The third kappa shape index (κ3) is 4.77. The summed E-state index contributed by atoms with van der Waals surface area (Å²) in [6.45, 7) is 0. The van der Waals surface area contributed by atoms with Crippen LogP contribution in [0.3, 0.4) is 0 Å². The maximum Gasteiger partial charge on any atom is 0.419 e. The minimum atomic E-state index is -4.82. The van der Waals surface area contributed by atoms with E-state index in [1.807, 2.05) is 0 Å². The normalized spacial score (nSPS) is 11.6. The Kier molecular flexibility index (Phi) is 6.15. The molecule has 3 heterocycles. The third-order valence-corrected chi connectivity index (χ3v) is 5.77. The number of aromatic nitrogens is 4. The number of thiazole rings is 1. The van der Waals surface area contributed by atoms with Gasteiger partial charge in [0.1, 0.15) is 5.82 Å². The molecular formula is C21H15F4N5O4S. The zero-order valence-electron chi connectivity index (χ0n) is 18.0. The molecule has 0 aliphatic heterocycles. The van der Waals surface area contributed by atoms with Crippen LogP contribution in [0.1, 0.15) is 11.1 Å². The van der Waals surface area contributed by atoms with Gasteiger partial charge in [-0.25, -0.2) is 14.2 Å². The fraction of sp³-hybridized carbons (Fsp3) is 0.190. The number of ether oxygens (including phenoxy) is 1. The molecule has 14 heteroatoms. The molecule has 0 unspecified atom stereocenters. The number of carbonyl (C=O) groups excluding carboxylic acids is 1. The van der Waals surface area contributed by atoms with Gasteiger partial charge in [-0.3, -0.25) is 19.1 Å². The van der Waals surface area contributed by atoms with E-state index in [4.69, 9.17) is 4.74 Å². The fourth-order valence-corrected chi connectivity index (χ4v) is 4.07. The van der Waals surface area contributed by atoms with Crippen molar-refractivity contribution < 1.29 is 27.1 Å². The van der Waals surface area contributed by atoms with Crippen molar-refractivity contribution in [2.24, 2.45) is 7.05 Å². The molecule has 1 aromatic carbocycles. The Morgan fingerprint density at radius 3 is 2.63 bits per heavy atom. The summed E-state index contributed by atoms with van der Waals surface area (Å²) >= 11 is 0.980. The maximum atomic E-state index is 13.9. The van der Waals surface area contributed by atoms with Crippen LogP contribution in [0.4, 0.5) is 22.7 Å². The molecule has 0 radical (unpaired) electrons. The molecule has 9 nitrogen and oxygen atoms in total. The van der Waals surface area contributed by atoms with E-state index >= 15 is 0 Å². The van der Waals surface area contributed by atoms with Gasteiger partial charge in [-0.05, 0) is 17.7 Å². The smallest absolute Gasteiger partial charge is 0.419 e. The Morgan fingerprint density at radius 1 is 1.23 bits per heavy atom. The summed E-state index contributed by atoms with van der Waals surface area (Å²) in [5, 5.41) is 4.12. The van der Waals surface area contributed by atoms with Gasteiger partial charge in [0, 0.05) is 24.1 Å². The van der Waals surface area contributed by atoms with Crippen LogP contribution in [0, 0.1) is 5.82 Å². The summed E-state index contributed by atoms with van der Waals surface area (Å²) in [4.78, 5) is 47.3. The number of amides is 1. The molecule has 0 fully saturated rings. The molecule has 3 aromatic heterocycles. The molecule has 35 heavy (non-hydrogen) atoms. The number of H-pyrrole nitrogens is 1. The van der Waals surface area contributed by atoms with Crippen molar-refractivity contribution >= 4 is 33.4 Å². The van der Waals surface area contributed by atoms with E-state index in [1.165, 1.54) is 25.6 Å². The lowest BCUT2D eigenvalue weighted by Crippen LogP contribution is -2.30. The van der Waals surface area contributed by atoms with E-state index in [2.05, 4.69) is 20.3 Å². The Morgan fingerprint density at radius 2 is 1.97 bits per heavy atom. The lowest BCUT2D eigenvalue weighted by molar-refractivity contribution is -0.140. The second kappa shape index (κ2) is 8.94. The number of nitrogens with one attached hydrogen (secondary N) is 2. The average Bonchev–Trinajstić information content (AvgIpc) is 3.24.